The largest absolute Gasteiger partial charge is 0.396 e. The van der Waals surface area contributed by atoms with E-state index in [0.29, 0.717) is 17.0 Å². The lowest BCUT2D eigenvalue weighted by atomic mass is 10.1. The van der Waals surface area contributed by atoms with Crippen LogP contribution in [0.5, 0.6) is 0 Å². The van der Waals surface area contributed by atoms with Gasteiger partial charge in [0.1, 0.15) is 0 Å². The van der Waals surface area contributed by atoms with Gasteiger partial charge in [-0.2, -0.15) is 0 Å². The number of halogens is 1. The van der Waals surface area contributed by atoms with E-state index in [1.807, 2.05) is 0 Å². The average molecular weight is 270 g/mol. The molecule has 0 amide bonds. The Kier molecular flexibility index (Phi) is 6.94. The van der Waals surface area contributed by atoms with Crippen LogP contribution in [0.4, 0.5) is 0 Å². The molecule has 0 unspecified atom stereocenters. The lowest BCUT2D eigenvalue weighted by Gasteiger charge is -2.19. The molecule has 0 aliphatic rings. The van der Waals surface area contributed by atoms with Gasteiger partial charge in [0.2, 0.25) is 0 Å². The SMILES string of the molecule is CCN(CCCO)CCC(=O)c1ccc(Cl)cc1. The van der Waals surface area contributed by atoms with Gasteiger partial charge >= 0.3 is 0 Å². The van der Waals surface area contributed by atoms with Gasteiger partial charge in [0.25, 0.3) is 0 Å². The van der Waals surface area contributed by atoms with Gasteiger partial charge in [0.05, 0.1) is 0 Å². The minimum Gasteiger partial charge on any atom is -0.396 e. The van der Waals surface area contributed by atoms with Crippen molar-refractivity contribution in [2.45, 2.75) is 19.8 Å². The van der Waals surface area contributed by atoms with E-state index in [-0.39, 0.29) is 12.4 Å². The van der Waals surface area contributed by atoms with E-state index >= 15 is 0 Å². The van der Waals surface area contributed by atoms with Gasteiger partial charge in [0, 0.05) is 36.7 Å². The number of carbonyl (C=O) groups excluding carboxylic acids is 1. The second-order valence-electron chi connectivity index (χ2n) is 4.19. The van der Waals surface area contributed by atoms with Crippen LogP contribution in [-0.2, 0) is 0 Å². The van der Waals surface area contributed by atoms with Crippen molar-refractivity contribution in [2.24, 2.45) is 0 Å². The molecule has 0 aliphatic heterocycles. The third-order valence-electron chi connectivity index (χ3n) is 2.90. The van der Waals surface area contributed by atoms with Gasteiger partial charge in [-0.25, -0.2) is 0 Å². The number of aliphatic hydroxyl groups is 1. The number of Topliss-reactive ketones (excluding diaryl/α,β-unsaturated/α-hetero) is 1. The van der Waals surface area contributed by atoms with Gasteiger partial charge < -0.3 is 10.0 Å². The zero-order valence-electron chi connectivity index (χ0n) is 10.7. The highest BCUT2D eigenvalue weighted by molar-refractivity contribution is 6.30. The topological polar surface area (TPSA) is 40.5 Å². The summed E-state index contributed by atoms with van der Waals surface area (Å²) in [6, 6.07) is 6.99. The molecule has 1 rings (SSSR count). The zero-order valence-corrected chi connectivity index (χ0v) is 11.5. The van der Waals surface area contributed by atoms with Crippen molar-refractivity contribution >= 4 is 17.4 Å². The van der Waals surface area contributed by atoms with Crippen LogP contribution in [0.2, 0.25) is 5.02 Å². The summed E-state index contributed by atoms with van der Waals surface area (Å²) >= 11 is 5.78. The van der Waals surface area contributed by atoms with Crippen LogP contribution < -0.4 is 0 Å². The van der Waals surface area contributed by atoms with Gasteiger partial charge in [-0.3, -0.25) is 4.79 Å². The number of aliphatic hydroxyl groups excluding tert-OH is 1. The van der Waals surface area contributed by atoms with Crippen molar-refractivity contribution in [1.82, 2.24) is 4.90 Å². The number of rotatable bonds is 8. The molecule has 100 valence electrons. The van der Waals surface area contributed by atoms with E-state index in [1.54, 1.807) is 24.3 Å². The maximum absolute atomic E-state index is 11.9. The molecule has 0 bridgehead atoms. The number of hydrogen-bond acceptors (Lipinski definition) is 3. The van der Waals surface area contributed by atoms with Crippen molar-refractivity contribution in [1.29, 1.82) is 0 Å². The molecular formula is C14H20ClNO2. The van der Waals surface area contributed by atoms with E-state index in [9.17, 15) is 4.79 Å². The highest BCUT2D eigenvalue weighted by Crippen LogP contribution is 2.11. The van der Waals surface area contributed by atoms with E-state index in [2.05, 4.69) is 11.8 Å². The first-order chi connectivity index (χ1) is 8.67. The van der Waals surface area contributed by atoms with Crippen molar-refractivity contribution < 1.29 is 9.90 Å². The maximum atomic E-state index is 11.9. The molecule has 0 radical (unpaired) electrons. The van der Waals surface area contributed by atoms with E-state index in [4.69, 9.17) is 16.7 Å². The molecule has 4 heteroatoms. The van der Waals surface area contributed by atoms with Crippen LogP contribution in [-0.4, -0.2) is 42.0 Å². The number of ketones is 1. The Bertz CT molecular complexity index is 365. The second kappa shape index (κ2) is 8.25. The van der Waals surface area contributed by atoms with E-state index < -0.39 is 0 Å². The molecular weight excluding hydrogens is 250 g/mol. The molecule has 0 saturated carbocycles. The van der Waals surface area contributed by atoms with Crippen LogP contribution in [0.25, 0.3) is 0 Å². The Hall–Kier alpha value is -0.900. The summed E-state index contributed by atoms with van der Waals surface area (Å²) in [4.78, 5) is 14.1. The monoisotopic (exact) mass is 269 g/mol. The van der Waals surface area contributed by atoms with Gasteiger partial charge in [-0.05, 0) is 37.2 Å². The van der Waals surface area contributed by atoms with E-state index in [0.717, 1.165) is 26.1 Å². The summed E-state index contributed by atoms with van der Waals surface area (Å²) < 4.78 is 0. The third-order valence-corrected chi connectivity index (χ3v) is 3.15. The lowest BCUT2D eigenvalue weighted by Crippen LogP contribution is -2.27. The molecule has 1 aromatic carbocycles. The first kappa shape index (κ1) is 15.2. The van der Waals surface area contributed by atoms with Gasteiger partial charge in [-0.1, -0.05) is 18.5 Å². The number of benzene rings is 1. The predicted molar refractivity (Wildman–Crippen MR) is 74.2 cm³/mol. The maximum Gasteiger partial charge on any atom is 0.164 e. The summed E-state index contributed by atoms with van der Waals surface area (Å²) in [5.74, 6) is 0.133. The standard InChI is InChI=1S/C14H20ClNO2/c1-2-16(9-3-11-17)10-8-14(18)12-4-6-13(15)7-5-12/h4-7,17H,2-3,8-11H2,1H3. The highest BCUT2D eigenvalue weighted by Gasteiger charge is 2.08. The van der Waals surface area contributed by atoms with Gasteiger partial charge in [0.15, 0.2) is 5.78 Å². The van der Waals surface area contributed by atoms with E-state index in [1.165, 1.54) is 0 Å². The Morgan fingerprint density at radius 2 is 1.94 bits per heavy atom. The van der Waals surface area contributed by atoms with Crippen LogP contribution in [0.15, 0.2) is 24.3 Å². The van der Waals surface area contributed by atoms with Crippen molar-refractivity contribution in [3.8, 4) is 0 Å². The molecule has 1 aromatic rings. The first-order valence-electron chi connectivity index (χ1n) is 6.29. The molecule has 1 N–H and O–H groups in total. The normalized spacial score (nSPS) is 10.9. The molecule has 0 fully saturated rings. The fourth-order valence-electron chi connectivity index (χ4n) is 1.76. The Morgan fingerprint density at radius 1 is 1.28 bits per heavy atom. The van der Waals surface area contributed by atoms with Crippen LogP contribution in [0.3, 0.4) is 0 Å². The molecule has 0 spiro atoms. The minimum absolute atomic E-state index is 0.133. The number of hydrogen-bond donors (Lipinski definition) is 1. The lowest BCUT2D eigenvalue weighted by molar-refractivity contribution is 0.0964. The molecule has 0 atom stereocenters. The fraction of sp³-hybridized carbons (Fsp3) is 0.500. The van der Waals surface area contributed by atoms with Crippen molar-refractivity contribution in [3.63, 3.8) is 0 Å². The Balaban J connectivity index is 2.42. The first-order valence-corrected chi connectivity index (χ1v) is 6.67. The number of nitrogens with zero attached hydrogens (tertiary/aromatic N) is 1. The van der Waals surface area contributed by atoms with Crippen LogP contribution in [0.1, 0.15) is 30.1 Å². The molecule has 0 aliphatic carbocycles. The van der Waals surface area contributed by atoms with Crippen molar-refractivity contribution in [2.75, 3.05) is 26.2 Å². The third kappa shape index (κ3) is 5.17. The highest BCUT2D eigenvalue weighted by atomic mass is 35.5. The predicted octanol–water partition coefficient (Wildman–Crippen LogP) is 2.62. The Labute approximate surface area is 113 Å². The second-order valence-corrected chi connectivity index (χ2v) is 4.63. The Morgan fingerprint density at radius 3 is 2.50 bits per heavy atom. The summed E-state index contributed by atoms with van der Waals surface area (Å²) in [6.07, 6.45) is 1.25. The summed E-state index contributed by atoms with van der Waals surface area (Å²) in [6.45, 7) is 4.72. The molecule has 0 aromatic heterocycles. The summed E-state index contributed by atoms with van der Waals surface area (Å²) in [5.41, 5.74) is 0.706. The molecule has 18 heavy (non-hydrogen) atoms. The smallest absolute Gasteiger partial charge is 0.164 e. The fourth-order valence-corrected chi connectivity index (χ4v) is 1.89. The summed E-state index contributed by atoms with van der Waals surface area (Å²) in [7, 11) is 0. The average Bonchev–Trinajstić information content (AvgIpc) is 2.39. The number of carbonyl (C=O) groups is 1. The van der Waals surface area contributed by atoms with Crippen molar-refractivity contribution in [3.05, 3.63) is 34.9 Å². The van der Waals surface area contributed by atoms with Gasteiger partial charge in [-0.15, -0.1) is 0 Å². The van der Waals surface area contributed by atoms with Crippen LogP contribution in [0, 0.1) is 0 Å². The zero-order chi connectivity index (χ0) is 13.4. The molecule has 0 saturated heterocycles. The summed E-state index contributed by atoms with van der Waals surface area (Å²) in [5, 5.41) is 9.43. The molecule has 0 heterocycles. The molecule has 3 nitrogen and oxygen atoms in total. The quantitative estimate of drug-likeness (QED) is 0.738. The van der Waals surface area contributed by atoms with Crippen LogP contribution >= 0.6 is 11.6 Å². The minimum atomic E-state index is 0.133.